The average Bonchev–Trinajstić information content (AvgIpc) is 3.14. The van der Waals surface area contributed by atoms with E-state index in [-0.39, 0.29) is 5.91 Å². The molecule has 1 amide bonds. The summed E-state index contributed by atoms with van der Waals surface area (Å²) in [5.74, 6) is -0.0414. The first-order valence-electron chi connectivity index (χ1n) is 7.59. The molecule has 3 rings (SSSR count). The van der Waals surface area contributed by atoms with E-state index in [1.54, 1.807) is 23.6 Å². The van der Waals surface area contributed by atoms with E-state index in [0.717, 1.165) is 28.4 Å². The van der Waals surface area contributed by atoms with Crippen LogP contribution in [0.1, 0.15) is 25.9 Å². The average molecular weight is 325 g/mol. The molecule has 0 bridgehead atoms. The Labute approximate surface area is 139 Å². The lowest BCUT2D eigenvalue weighted by Gasteiger charge is -2.03. The van der Waals surface area contributed by atoms with Gasteiger partial charge in [-0.25, -0.2) is 4.98 Å². The molecule has 0 aliphatic heterocycles. The molecule has 4 nitrogen and oxygen atoms in total. The molecule has 0 saturated carbocycles. The smallest absolute Gasteiger partial charge is 0.253 e. The maximum Gasteiger partial charge on any atom is 0.253 e. The number of nitrogens with one attached hydrogen (secondary N) is 2. The lowest BCUT2D eigenvalue weighted by atomic mass is 10.1. The monoisotopic (exact) mass is 325 g/mol. The van der Waals surface area contributed by atoms with Crippen molar-refractivity contribution in [2.24, 2.45) is 0 Å². The molecule has 0 unspecified atom stereocenters. The van der Waals surface area contributed by atoms with E-state index in [9.17, 15) is 4.79 Å². The number of aryl methyl sites for hydroxylation is 2. The van der Waals surface area contributed by atoms with Gasteiger partial charge >= 0.3 is 0 Å². The fourth-order valence-corrected chi connectivity index (χ4v) is 3.45. The summed E-state index contributed by atoms with van der Waals surface area (Å²) < 4.78 is 0. The van der Waals surface area contributed by atoms with Gasteiger partial charge in [-0.3, -0.25) is 4.79 Å². The lowest BCUT2D eigenvalue weighted by Crippen LogP contribution is -2.25. The van der Waals surface area contributed by atoms with Gasteiger partial charge < -0.3 is 10.3 Å². The summed E-state index contributed by atoms with van der Waals surface area (Å²) in [6.45, 7) is 4.57. The zero-order valence-corrected chi connectivity index (χ0v) is 14.0. The van der Waals surface area contributed by atoms with E-state index in [2.05, 4.69) is 29.4 Å². The highest BCUT2D eigenvalue weighted by atomic mass is 32.1. The Hall–Kier alpha value is -2.40. The SMILES string of the molecule is Cc1[nH]ccc1C(=O)NCCc1nc(-c2ccccc2)c(C)s1. The molecule has 2 N–H and O–H groups in total. The fraction of sp³-hybridized carbons (Fsp3) is 0.222. The third-order valence-corrected chi connectivity index (χ3v) is 4.74. The second-order valence-electron chi connectivity index (χ2n) is 5.40. The summed E-state index contributed by atoms with van der Waals surface area (Å²) in [6.07, 6.45) is 2.52. The number of aromatic amines is 1. The Morgan fingerprint density at radius 2 is 2.00 bits per heavy atom. The summed E-state index contributed by atoms with van der Waals surface area (Å²) >= 11 is 1.69. The Morgan fingerprint density at radius 1 is 1.22 bits per heavy atom. The van der Waals surface area contributed by atoms with E-state index >= 15 is 0 Å². The van der Waals surface area contributed by atoms with Crippen LogP contribution in [0.15, 0.2) is 42.6 Å². The molecule has 3 aromatic rings. The first-order valence-corrected chi connectivity index (χ1v) is 8.40. The summed E-state index contributed by atoms with van der Waals surface area (Å²) in [5.41, 5.74) is 3.77. The summed E-state index contributed by atoms with van der Waals surface area (Å²) in [7, 11) is 0. The van der Waals surface area contributed by atoms with E-state index in [0.29, 0.717) is 12.1 Å². The van der Waals surface area contributed by atoms with Crippen LogP contribution >= 0.6 is 11.3 Å². The van der Waals surface area contributed by atoms with Gasteiger partial charge in [0.2, 0.25) is 0 Å². The maximum atomic E-state index is 12.1. The van der Waals surface area contributed by atoms with Crippen LogP contribution in [-0.4, -0.2) is 22.4 Å². The molecule has 5 heteroatoms. The molecule has 0 spiro atoms. The van der Waals surface area contributed by atoms with Gasteiger partial charge in [0.25, 0.3) is 5.91 Å². The van der Waals surface area contributed by atoms with E-state index in [1.165, 1.54) is 4.88 Å². The molecule has 0 saturated heterocycles. The minimum absolute atomic E-state index is 0.0414. The molecule has 2 aromatic heterocycles. The molecule has 2 heterocycles. The molecule has 0 aliphatic rings. The second kappa shape index (κ2) is 6.79. The fourth-order valence-electron chi connectivity index (χ4n) is 2.50. The second-order valence-corrected chi connectivity index (χ2v) is 6.69. The molecule has 23 heavy (non-hydrogen) atoms. The van der Waals surface area contributed by atoms with Gasteiger partial charge in [-0.2, -0.15) is 0 Å². The van der Waals surface area contributed by atoms with Crippen molar-refractivity contribution in [3.63, 3.8) is 0 Å². The van der Waals surface area contributed by atoms with Crippen molar-refractivity contribution in [2.45, 2.75) is 20.3 Å². The number of hydrogen-bond donors (Lipinski definition) is 2. The number of H-pyrrole nitrogens is 1. The van der Waals surface area contributed by atoms with Gasteiger partial charge in [-0.15, -0.1) is 11.3 Å². The maximum absolute atomic E-state index is 12.1. The first kappa shape index (κ1) is 15.5. The van der Waals surface area contributed by atoms with Gasteiger partial charge in [0.1, 0.15) is 0 Å². The quantitative estimate of drug-likeness (QED) is 0.751. The van der Waals surface area contributed by atoms with Crippen molar-refractivity contribution in [2.75, 3.05) is 6.54 Å². The molecule has 0 radical (unpaired) electrons. The van der Waals surface area contributed by atoms with E-state index in [4.69, 9.17) is 4.98 Å². The predicted octanol–water partition coefficient (Wildman–Crippen LogP) is 3.73. The Kier molecular flexibility index (Phi) is 4.57. The van der Waals surface area contributed by atoms with Crippen LogP contribution in [0.2, 0.25) is 0 Å². The van der Waals surface area contributed by atoms with Crippen LogP contribution in [0, 0.1) is 13.8 Å². The van der Waals surface area contributed by atoms with Gasteiger partial charge in [-0.05, 0) is 19.9 Å². The molecule has 0 aliphatic carbocycles. The zero-order chi connectivity index (χ0) is 16.2. The van der Waals surface area contributed by atoms with Crippen LogP contribution in [0.4, 0.5) is 0 Å². The van der Waals surface area contributed by atoms with Crippen molar-refractivity contribution in [3.8, 4) is 11.3 Å². The number of thiazole rings is 1. The highest BCUT2D eigenvalue weighted by Gasteiger charge is 2.11. The molecule has 1 aromatic carbocycles. The first-order chi connectivity index (χ1) is 11.1. The molecular formula is C18H19N3OS. The molecule has 0 atom stereocenters. The molecule has 118 valence electrons. The number of benzene rings is 1. The number of nitrogens with zero attached hydrogens (tertiary/aromatic N) is 1. The minimum atomic E-state index is -0.0414. The Bertz CT molecular complexity index is 805. The zero-order valence-electron chi connectivity index (χ0n) is 13.2. The number of rotatable bonds is 5. The number of amides is 1. The summed E-state index contributed by atoms with van der Waals surface area (Å²) in [5, 5.41) is 4.00. The van der Waals surface area contributed by atoms with Gasteiger partial charge in [-0.1, -0.05) is 30.3 Å². The normalized spacial score (nSPS) is 10.7. The van der Waals surface area contributed by atoms with E-state index in [1.807, 2.05) is 25.1 Å². The lowest BCUT2D eigenvalue weighted by molar-refractivity contribution is 0.0953. The third-order valence-electron chi connectivity index (χ3n) is 3.71. The van der Waals surface area contributed by atoms with Crippen LogP contribution < -0.4 is 5.32 Å². The van der Waals surface area contributed by atoms with Crippen molar-refractivity contribution in [1.29, 1.82) is 0 Å². The molecular weight excluding hydrogens is 306 g/mol. The molecule has 0 fully saturated rings. The highest BCUT2D eigenvalue weighted by molar-refractivity contribution is 7.12. The number of carbonyl (C=O) groups is 1. The standard InChI is InChI=1S/C18H19N3OS/c1-12-15(8-10-19-12)18(22)20-11-9-16-21-17(13(2)23-16)14-6-4-3-5-7-14/h3-8,10,19H,9,11H2,1-2H3,(H,20,22). The van der Waals surface area contributed by atoms with Crippen molar-refractivity contribution in [1.82, 2.24) is 15.3 Å². The highest BCUT2D eigenvalue weighted by Crippen LogP contribution is 2.27. The van der Waals surface area contributed by atoms with Crippen LogP contribution in [-0.2, 0) is 6.42 Å². The largest absolute Gasteiger partial charge is 0.365 e. The van der Waals surface area contributed by atoms with Crippen molar-refractivity contribution in [3.05, 3.63) is 63.7 Å². The van der Waals surface area contributed by atoms with Crippen molar-refractivity contribution >= 4 is 17.2 Å². The van der Waals surface area contributed by atoms with Crippen LogP contribution in [0.25, 0.3) is 11.3 Å². The number of carbonyl (C=O) groups excluding carboxylic acids is 1. The van der Waals surface area contributed by atoms with Crippen LogP contribution in [0.3, 0.4) is 0 Å². The van der Waals surface area contributed by atoms with Gasteiger partial charge in [0.05, 0.1) is 16.3 Å². The van der Waals surface area contributed by atoms with Crippen molar-refractivity contribution < 1.29 is 4.79 Å². The van der Waals surface area contributed by atoms with Crippen LogP contribution in [0.5, 0.6) is 0 Å². The number of hydrogen-bond acceptors (Lipinski definition) is 3. The van der Waals surface area contributed by atoms with Gasteiger partial charge in [0, 0.05) is 35.3 Å². The third kappa shape index (κ3) is 3.51. The topological polar surface area (TPSA) is 57.8 Å². The summed E-state index contributed by atoms with van der Waals surface area (Å²) in [6, 6.07) is 12.0. The summed E-state index contributed by atoms with van der Waals surface area (Å²) in [4.78, 5) is 21.0. The number of aromatic nitrogens is 2. The predicted molar refractivity (Wildman–Crippen MR) is 93.9 cm³/mol. The minimum Gasteiger partial charge on any atom is -0.365 e. The van der Waals surface area contributed by atoms with Gasteiger partial charge in [0.15, 0.2) is 0 Å². The Morgan fingerprint density at radius 3 is 2.70 bits per heavy atom. The Balaban J connectivity index is 1.61. The van der Waals surface area contributed by atoms with E-state index < -0.39 is 0 Å².